The Morgan fingerprint density at radius 1 is 1.50 bits per heavy atom. The van der Waals surface area contributed by atoms with Crippen LogP contribution in [0.3, 0.4) is 0 Å². The molecule has 7 heteroatoms. The van der Waals surface area contributed by atoms with Crippen LogP contribution >= 0.6 is 11.6 Å². The number of pyridine rings is 1. The van der Waals surface area contributed by atoms with Gasteiger partial charge in [0.2, 0.25) is 0 Å². The monoisotopic (exact) mass is 265 g/mol. The summed E-state index contributed by atoms with van der Waals surface area (Å²) in [6, 6.07) is 1.48. The molecule has 2 heterocycles. The van der Waals surface area contributed by atoms with Crippen LogP contribution in [0.1, 0.15) is 21.7 Å². The predicted molar refractivity (Wildman–Crippen MR) is 69.7 cm³/mol. The number of nitrogens with zero attached hydrogens (tertiary/aromatic N) is 2. The number of aromatic nitrogens is 3. The molecule has 4 N–H and O–H groups in total. The summed E-state index contributed by atoms with van der Waals surface area (Å²) >= 11 is 5.86. The molecule has 0 bridgehead atoms. The van der Waals surface area contributed by atoms with Crippen molar-refractivity contribution in [2.45, 2.75) is 13.8 Å². The zero-order chi connectivity index (χ0) is 13.3. The van der Waals surface area contributed by atoms with E-state index in [1.807, 2.05) is 6.92 Å². The molecule has 0 aliphatic rings. The van der Waals surface area contributed by atoms with Gasteiger partial charge < -0.3 is 11.1 Å². The maximum atomic E-state index is 12.1. The Hall–Kier alpha value is -2.08. The summed E-state index contributed by atoms with van der Waals surface area (Å²) in [6.07, 6.45) is 1.40. The Bertz CT molecular complexity index is 588. The summed E-state index contributed by atoms with van der Waals surface area (Å²) in [4.78, 5) is 15.9. The number of halogens is 1. The zero-order valence-corrected chi connectivity index (χ0v) is 10.7. The van der Waals surface area contributed by atoms with Gasteiger partial charge in [0.25, 0.3) is 5.91 Å². The first-order chi connectivity index (χ1) is 8.49. The van der Waals surface area contributed by atoms with Gasteiger partial charge in [0.05, 0.1) is 34.5 Å². The number of aryl methyl sites for hydroxylation is 2. The van der Waals surface area contributed by atoms with Gasteiger partial charge in [-0.3, -0.25) is 9.89 Å². The molecule has 1 amide bonds. The van der Waals surface area contributed by atoms with Crippen LogP contribution in [-0.4, -0.2) is 21.1 Å². The molecule has 0 aliphatic carbocycles. The van der Waals surface area contributed by atoms with Crippen LogP contribution in [0, 0.1) is 13.8 Å². The Morgan fingerprint density at radius 2 is 2.22 bits per heavy atom. The Balaban J connectivity index is 2.30. The molecule has 2 aromatic rings. The quantitative estimate of drug-likeness (QED) is 0.723. The van der Waals surface area contributed by atoms with Crippen molar-refractivity contribution in [3.8, 4) is 0 Å². The first-order valence-electron chi connectivity index (χ1n) is 5.23. The summed E-state index contributed by atoms with van der Waals surface area (Å²) < 4.78 is 0. The molecular formula is C11H12ClN5O. The largest absolute Gasteiger partial charge is 0.397 e. The van der Waals surface area contributed by atoms with E-state index in [0.29, 0.717) is 17.1 Å². The minimum atomic E-state index is -0.368. The van der Waals surface area contributed by atoms with Crippen LogP contribution in [0.5, 0.6) is 0 Å². The standard InChI is InChI=1S/C11H12ClN5O/c1-5-9(6(2)17-16-5)15-11(18)8-3-7(13)4-14-10(8)12/h3-4H,13H2,1-2H3,(H,15,18)(H,16,17). The molecule has 2 aromatic heterocycles. The molecular weight excluding hydrogens is 254 g/mol. The van der Waals surface area contributed by atoms with Gasteiger partial charge >= 0.3 is 0 Å². The van der Waals surface area contributed by atoms with Crippen molar-refractivity contribution in [2.24, 2.45) is 0 Å². The van der Waals surface area contributed by atoms with E-state index in [1.165, 1.54) is 12.3 Å². The number of carbonyl (C=O) groups excluding carboxylic acids is 1. The number of nitrogens with two attached hydrogens (primary N) is 1. The molecule has 0 aromatic carbocycles. The van der Waals surface area contributed by atoms with Crippen LogP contribution < -0.4 is 11.1 Å². The lowest BCUT2D eigenvalue weighted by Gasteiger charge is -2.07. The Morgan fingerprint density at radius 3 is 2.83 bits per heavy atom. The number of nitrogens with one attached hydrogen (secondary N) is 2. The van der Waals surface area contributed by atoms with Gasteiger partial charge in [-0.2, -0.15) is 5.10 Å². The number of hydrogen-bond acceptors (Lipinski definition) is 4. The molecule has 18 heavy (non-hydrogen) atoms. The molecule has 0 radical (unpaired) electrons. The van der Waals surface area contributed by atoms with Gasteiger partial charge in [0.1, 0.15) is 5.15 Å². The van der Waals surface area contributed by atoms with E-state index in [9.17, 15) is 4.79 Å². The average molecular weight is 266 g/mol. The van der Waals surface area contributed by atoms with Gasteiger partial charge in [-0.25, -0.2) is 4.98 Å². The van der Waals surface area contributed by atoms with E-state index in [-0.39, 0.29) is 16.6 Å². The normalized spacial score (nSPS) is 10.4. The van der Waals surface area contributed by atoms with Crippen molar-refractivity contribution < 1.29 is 4.79 Å². The first-order valence-corrected chi connectivity index (χ1v) is 5.60. The lowest BCUT2D eigenvalue weighted by molar-refractivity contribution is 0.102. The number of rotatable bonds is 2. The zero-order valence-electron chi connectivity index (χ0n) is 9.91. The highest BCUT2D eigenvalue weighted by molar-refractivity contribution is 6.33. The SMILES string of the molecule is Cc1n[nH]c(C)c1NC(=O)c1cc(N)cnc1Cl. The maximum Gasteiger partial charge on any atom is 0.258 e. The van der Waals surface area contributed by atoms with E-state index in [2.05, 4.69) is 20.5 Å². The first kappa shape index (κ1) is 12.4. The summed E-state index contributed by atoms with van der Waals surface area (Å²) in [6.45, 7) is 3.60. The van der Waals surface area contributed by atoms with Crippen LogP contribution in [0.2, 0.25) is 5.15 Å². The fraction of sp³-hybridized carbons (Fsp3) is 0.182. The van der Waals surface area contributed by atoms with Crippen molar-refractivity contribution in [1.82, 2.24) is 15.2 Å². The van der Waals surface area contributed by atoms with Gasteiger partial charge in [0.15, 0.2) is 0 Å². The van der Waals surface area contributed by atoms with E-state index in [0.717, 1.165) is 5.69 Å². The third-order valence-electron chi connectivity index (χ3n) is 2.47. The second kappa shape index (κ2) is 4.66. The third kappa shape index (κ3) is 2.28. The molecule has 0 aliphatic heterocycles. The lowest BCUT2D eigenvalue weighted by atomic mass is 10.2. The van der Waals surface area contributed by atoms with E-state index < -0.39 is 0 Å². The predicted octanol–water partition coefficient (Wildman–Crippen LogP) is 1.91. The smallest absolute Gasteiger partial charge is 0.258 e. The maximum absolute atomic E-state index is 12.1. The highest BCUT2D eigenvalue weighted by atomic mass is 35.5. The van der Waals surface area contributed by atoms with Crippen LogP contribution in [0.25, 0.3) is 0 Å². The number of aromatic amines is 1. The molecule has 0 spiro atoms. The number of hydrogen-bond donors (Lipinski definition) is 3. The molecule has 6 nitrogen and oxygen atoms in total. The van der Waals surface area contributed by atoms with Crippen molar-refractivity contribution in [1.29, 1.82) is 0 Å². The summed E-state index contributed by atoms with van der Waals surface area (Å²) in [7, 11) is 0. The minimum absolute atomic E-state index is 0.112. The van der Waals surface area contributed by atoms with Crippen molar-refractivity contribution in [3.05, 3.63) is 34.4 Å². The summed E-state index contributed by atoms with van der Waals surface area (Å²) in [5.74, 6) is -0.368. The Kier molecular flexibility index (Phi) is 3.20. The lowest BCUT2D eigenvalue weighted by Crippen LogP contribution is -2.14. The van der Waals surface area contributed by atoms with E-state index in [4.69, 9.17) is 17.3 Å². The van der Waals surface area contributed by atoms with E-state index >= 15 is 0 Å². The third-order valence-corrected chi connectivity index (χ3v) is 2.77. The minimum Gasteiger partial charge on any atom is -0.397 e. The molecule has 0 saturated carbocycles. The number of amides is 1. The molecule has 0 saturated heterocycles. The highest BCUT2D eigenvalue weighted by Crippen LogP contribution is 2.20. The van der Waals surface area contributed by atoms with Crippen molar-refractivity contribution >= 4 is 28.9 Å². The van der Waals surface area contributed by atoms with Gasteiger partial charge in [-0.05, 0) is 19.9 Å². The molecule has 0 fully saturated rings. The van der Waals surface area contributed by atoms with Crippen LogP contribution in [0.4, 0.5) is 11.4 Å². The highest BCUT2D eigenvalue weighted by Gasteiger charge is 2.15. The van der Waals surface area contributed by atoms with Crippen LogP contribution in [-0.2, 0) is 0 Å². The van der Waals surface area contributed by atoms with Gasteiger partial charge in [-0.15, -0.1) is 0 Å². The summed E-state index contributed by atoms with van der Waals surface area (Å²) in [5.41, 5.74) is 8.30. The second-order valence-corrected chi connectivity index (χ2v) is 4.23. The Labute approximate surface area is 109 Å². The van der Waals surface area contributed by atoms with Crippen molar-refractivity contribution in [3.63, 3.8) is 0 Å². The fourth-order valence-electron chi connectivity index (χ4n) is 1.54. The molecule has 94 valence electrons. The van der Waals surface area contributed by atoms with Crippen molar-refractivity contribution in [2.75, 3.05) is 11.1 Å². The molecule has 2 rings (SSSR count). The number of H-pyrrole nitrogens is 1. The topological polar surface area (TPSA) is 96.7 Å². The number of nitrogen functional groups attached to an aromatic ring is 1. The number of carbonyl (C=O) groups is 1. The molecule has 0 unspecified atom stereocenters. The fourth-order valence-corrected chi connectivity index (χ4v) is 1.73. The van der Waals surface area contributed by atoms with Gasteiger partial charge in [-0.1, -0.05) is 11.6 Å². The van der Waals surface area contributed by atoms with Gasteiger partial charge in [0, 0.05) is 0 Å². The molecule has 0 atom stereocenters. The number of anilines is 2. The second-order valence-electron chi connectivity index (χ2n) is 3.87. The summed E-state index contributed by atoms with van der Waals surface area (Å²) in [5, 5.41) is 9.61. The average Bonchev–Trinajstić information content (AvgIpc) is 2.64. The van der Waals surface area contributed by atoms with Crippen LogP contribution in [0.15, 0.2) is 12.3 Å². The van der Waals surface area contributed by atoms with E-state index in [1.54, 1.807) is 6.92 Å².